The Hall–Kier alpha value is -4.67. The number of nitrogens with two attached hydrogens (primary N) is 1. The van der Waals surface area contributed by atoms with Gasteiger partial charge >= 0.3 is 0 Å². The van der Waals surface area contributed by atoms with Gasteiger partial charge in [0.2, 0.25) is 0 Å². The van der Waals surface area contributed by atoms with Crippen molar-refractivity contribution in [2.24, 2.45) is 0 Å². The van der Waals surface area contributed by atoms with Crippen molar-refractivity contribution in [3.63, 3.8) is 0 Å². The number of halogens is 3. The van der Waals surface area contributed by atoms with Crippen molar-refractivity contribution < 1.29 is 22.7 Å². The first-order valence-corrected chi connectivity index (χ1v) is 9.42. The van der Waals surface area contributed by atoms with E-state index in [2.05, 4.69) is 25.6 Å². The summed E-state index contributed by atoms with van der Waals surface area (Å²) in [6, 6.07) is 9.69. The fourth-order valence-electron chi connectivity index (χ4n) is 2.78. The molecule has 0 saturated carbocycles. The van der Waals surface area contributed by atoms with Crippen LogP contribution in [0.3, 0.4) is 0 Å². The largest absolute Gasteiger partial charge is 0.454 e. The van der Waals surface area contributed by atoms with Crippen molar-refractivity contribution in [1.82, 2.24) is 15.0 Å². The number of pyridine rings is 1. The number of hydrogen-bond acceptors (Lipinski definition) is 7. The molecule has 33 heavy (non-hydrogen) atoms. The highest BCUT2D eigenvalue weighted by Crippen LogP contribution is 2.28. The van der Waals surface area contributed by atoms with E-state index in [1.54, 1.807) is 0 Å². The third-order valence-corrected chi connectivity index (χ3v) is 4.27. The molecule has 0 bridgehead atoms. The molecule has 0 radical (unpaired) electrons. The average Bonchev–Trinajstić information content (AvgIpc) is 2.78. The van der Waals surface area contributed by atoms with Gasteiger partial charge in [-0.2, -0.15) is 0 Å². The molecule has 0 unspecified atom stereocenters. The molecule has 0 aliphatic heterocycles. The number of amides is 1. The van der Waals surface area contributed by atoms with Gasteiger partial charge in [-0.25, -0.2) is 28.1 Å². The molecule has 8 nitrogen and oxygen atoms in total. The van der Waals surface area contributed by atoms with E-state index in [1.165, 1.54) is 42.9 Å². The monoisotopic (exact) mass is 452 g/mol. The Labute approximate surface area is 185 Å². The Kier molecular flexibility index (Phi) is 6.02. The lowest BCUT2D eigenvalue weighted by Crippen LogP contribution is -2.17. The highest BCUT2D eigenvalue weighted by atomic mass is 19.1. The topological polar surface area (TPSA) is 115 Å². The number of rotatable bonds is 6. The fraction of sp³-hybridized carbons (Fsp3) is 0. The molecule has 0 aliphatic carbocycles. The van der Waals surface area contributed by atoms with Gasteiger partial charge < -0.3 is 21.1 Å². The number of aromatic nitrogens is 3. The molecule has 0 saturated heterocycles. The second-order valence-corrected chi connectivity index (χ2v) is 6.62. The summed E-state index contributed by atoms with van der Waals surface area (Å²) in [5.74, 6) is -2.76. The Morgan fingerprint density at radius 2 is 1.70 bits per heavy atom. The normalized spacial score (nSPS) is 10.5. The lowest BCUT2D eigenvalue weighted by molar-refractivity contribution is 0.102. The lowest BCUT2D eigenvalue weighted by Gasteiger charge is -2.12. The van der Waals surface area contributed by atoms with E-state index in [1.807, 2.05) is 0 Å². The summed E-state index contributed by atoms with van der Waals surface area (Å²) in [4.78, 5) is 24.4. The zero-order valence-electron chi connectivity index (χ0n) is 16.7. The van der Waals surface area contributed by atoms with Crippen LogP contribution in [-0.2, 0) is 0 Å². The van der Waals surface area contributed by atoms with E-state index in [0.717, 1.165) is 18.2 Å². The molecule has 4 rings (SSSR count). The maximum Gasteiger partial charge on any atom is 0.278 e. The van der Waals surface area contributed by atoms with Gasteiger partial charge in [0, 0.05) is 42.5 Å². The zero-order valence-corrected chi connectivity index (χ0v) is 16.7. The molecule has 166 valence electrons. The van der Waals surface area contributed by atoms with Crippen LogP contribution in [-0.4, -0.2) is 20.9 Å². The molecule has 0 spiro atoms. The molecule has 11 heteroatoms. The molecular weight excluding hydrogens is 437 g/mol. The van der Waals surface area contributed by atoms with Crippen molar-refractivity contribution in [3.8, 4) is 11.5 Å². The standard InChI is InChI=1S/C22H15F3N6O2/c23-12-1-3-17(15(24)9-12)31-22(32)20-21(29-8-7-28-20)30-13-2-4-18(16(25)10-13)33-14-5-6-27-19(26)11-14/h1-11H,(H2,26,27)(H,29,30)(H,31,32). The lowest BCUT2D eigenvalue weighted by atomic mass is 10.2. The van der Waals surface area contributed by atoms with E-state index in [0.29, 0.717) is 11.8 Å². The molecule has 4 aromatic rings. The molecule has 1 amide bonds. The first-order chi connectivity index (χ1) is 15.9. The molecular formula is C22H15F3N6O2. The number of benzene rings is 2. The van der Waals surface area contributed by atoms with E-state index in [9.17, 15) is 18.0 Å². The van der Waals surface area contributed by atoms with Crippen molar-refractivity contribution in [1.29, 1.82) is 0 Å². The maximum atomic E-state index is 14.6. The molecule has 0 aliphatic rings. The van der Waals surface area contributed by atoms with Crippen molar-refractivity contribution >= 4 is 28.9 Å². The van der Waals surface area contributed by atoms with Gasteiger partial charge in [0.25, 0.3) is 5.91 Å². The Balaban J connectivity index is 1.52. The van der Waals surface area contributed by atoms with E-state index in [-0.39, 0.29) is 34.5 Å². The summed E-state index contributed by atoms with van der Waals surface area (Å²) in [5, 5.41) is 5.09. The molecule has 2 aromatic carbocycles. The molecule has 4 N–H and O–H groups in total. The van der Waals surface area contributed by atoms with Crippen LogP contribution in [0.15, 0.2) is 67.1 Å². The summed E-state index contributed by atoms with van der Waals surface area (Å²) in [5.41, 5.74) is 5.41. The minimum atomic E-state index is -0.949. The average molecular weight is 452 g/mol. The third kappa shape index (κ3) is 5.15. The van der Waals surface area contributed by atoms with Crippen LogP contribution < -0.4 is 21.1 Å². The number of nitrogens with one attached hydrogen (secondary N) is 2. The SMILES string of the molecule is Nc1cc(Oc2ccc(Nc3nccnc3C(=O)Nc3ccc(F)cc3F)cc2F)ccn1. The zero-order chi connectivity index (χ0) is 23.4. The third-order valence-electron chi connectivity index (χ3n) is 4.27. The molecule has 2 aromatic heterocycles. The van der Waals surface area contributed by atoms with E-state index < -0.39 is 23.4 Å². The molecule has 2 heterocycles. The maximum absolute atomic E-state index is 14.6. The highest BCUT2D eigenvalue weighted by molar-refractivity contribution is 6.06. The highest BCUT2D eigenvalue weighted by Gasteiger charge is 2.17. The van der Waals surface area contributed by atoms with Crippen LogP contribution in [0.4, 0.5) is 36.2 Å². The van der Waals surface area contributed by atoms with Crippen molar-refractivity contribution in [2.45, 2.75) is 0 Å². The van der Waals surface area contributed by atoms with Crippen LogP contribution in [0.25, 0.3) is 0 Å². The summed E-state index contributed by atoms with van der Waals surface area (Å²) < 4.78 is 47.0. The predicted molar refractivity (Wildman–Crippen MR) is 115 cm³/mol. The number of carbonyl (C=O) groups excluding carboxylic acids is 1. The number of ether oxygens (including phenoxy) is 1. The second-order valence-electron chi connectivity index (χ2n) is 6.62. The Morgan fingerprint density at radius 1 is 0.879 bits per heavy atom. The number of hydrogen-bond donors (Lipinski definition) is 3. The first-order valence-electron chi connectivity index (χ1n) is 9.42. The smallest absolute Gasteiger partial charge is 0.278 e. The van der Waals surface area contributed by atoms with Crippen LogP contribution in [0, 0.1) is 17.5 Å². The number of nitrogens with zero attached hydrogens (tertiary/aromatic N) is 3. The molecule has 0 atom stereocenters. The van der Waals surface area contributed by atoms with Crippen LogP contribution in [0.5, 0.6) is 11.5 Å². The van der Waals surface area contributed by atoms with E-state index >= 15 is 0 Å². The number of carbonyl (C=O) groups is 1. The molecule has 0 fully saturated rings. The van der Waals surface area contributed by atoms with Crippen LogP contribution in [0.2, 0.25) is 0 Å². The van der Waals surface area contributed by atoms with Crippen molar-refractivity contribution in [3.05, 3.63) is 90.3 Å². The second kappa shape index (κ2) is 9.22. The van der Waals surface area contributed by atoms with Crippen molar-refractivity contribution in [2.75, 3.05) is 16.4 Å². The predicted octanol–water partition coefficient (Wildman–Crippen LogP) is 4.66. The quantitative estimate of drug-likeness (QED) is 0.390. The van der Waals surface area contributed by atoms with Crippen LogP contribution >= 0.6 is 0 Å². The minimum Gasteiger partial charge on any atom is -0.454 e. The van der Waals surface area contributed by atoms with Gasteiger partial charge in [-0.05, 0) is 30.3 Å². The summed E-state index contributed by atoms with van der Waals surface area (Å²) in [6.07, 6.45) is 4.01. The van der Waals surface area contributed by atoms with Gasteiger partial charge in [0.1, 0.15) is 23.2 Å². The summed E-state index contributed by atoms with van der Waals surface area (Å²) in [7, 11) is 0. The number of nitrogen functional groups attached to an aromatic ring is 1. The summed E-state index contributed by atoms with van der Waals surface area (Å²) >= 11 is 0. The summed E-state index contributed by atoms with van der Waals surface area (Å²) in [6.45, 7) is 0. The Morgan fingerprint density at radius 3 is 2.45 bits per heavy atom. The minimum absolute atomic E-state index is 0.00695. The van der Waals surface area contributed by atoms with Gasteiger partial charge in [-0.1, -0.05) is 0 Å². The number of anilines is 4. The van der Waals surface area contributed by atoms with Gasteiger partial charge in [-0.3, -0.25) is 4.79 Å². The van der Waals surface area contributed by atoms with Gasteiger partial charge in [-0.15, -0.1) is 0 Å². The fourth-order valence-corrected chi connectivity index (χ4v) is 2.78. The van der Waals surface area contributed by atoms with Gasteiger partial charge in [0.05, 0.1) is 5.69 Å². The Bertz CT molecular complexity index is 1340. The first kappa shape index (κ1) is 21.6. The van der Waals surface area contributed by atoms with Crippen LogP contribution in [0.1, 0.15) is 10.5 Å². The van der Waals surface area contributed by atoms with E-state index in [4.69, 9.17) is 10.5 Å². The van der Waals surface area contributed by atoms with Gasteiger partial charge in [0.15, 0.2) is 23.1 Å².